The molecule has 0 aliphatic rings. The number of nitrogens with zero attached hydrogens (tertiary/aromatic N) is 4. The summed E-state index contributed by atoms with van der Waals surface area (Å²) in [5.41, 5.74) is 3.95. The van der Waals surface area contributed by atoms with Gasteiger partial charge in [0.2, 0.25) is 0 Å². The van der Waals surface area contributed by atoms with Crippen molar-refractivity contribution in [2.45, 2.75) is 37.7 Å². The molecule has 0 fully saturated rings. The highest BCUT2D eigenvalue weighted by Crippen LogP contribution is 2.28. The number of aromatic nitrogens is 4. The Morgan fingerprint density at radius 2 is 1.93 bits per heavy atom. The van der Waals surface area contributed by atoms with Crippen LogP contribution in [0.4, 0.5) is 0 Å². The topological polar surface area (TPSA) is 60.7 Å². The molecule has 0 aliphatic heterocycles. The zero-order valence-electron chi connectivity index (χ0n) is 15.7. The molecule has 5 nitrogen and oxygen atoms in total. The lowest BCUT2D eigenvalue weighted by Crippen LogP contribution is -2.15. The van der Waals surface area contributed by atoms with Gasteiger partial charge in [0.15, 0.2) is 16.8 Å². The second kappa shape index (κ2) is 8.31. The normalized spacial score (nSPS) is 12.0. The van der Waals surface area contributed by atoms with Crippen molar-refractivity contribution in [1.82, 2.24) is 19.7 Å². The molecule has 2 heterocycles. The van der Waals surface area contributed by atoms with Gasteiger partial charge in [-0.25, -0.2) is 0 Å². The molecule has 1 aromatic carbocycles. The summed E-state index contributed by atoms with van der Waals surface area (Å²) in [6, 6.07) is 9.61. The van der Waals surface area contributed by atoms with Crippen LogP contribution in [0, 0.1) is 13.8 Å². The molecule has 0 spiro atoms. The minimum atomic E-state index is -0.273. The molecule has 0 bridgehead atoms. The van der Waals surface area contributed by atoms with E-state index in [1.54, 1.807) is 18.5 Å². The molecular weight excluding hydrogens is 356 g/mol. The van der Waals surface area contributed by atoms with E-state index in [1.165, 1.54) is 17.3 Å². The van der Waals surface area contributed by atoms with Crippen LogP contribution < -0.4 is 0 Å². The summed E-state index contributed by atoms with van der Waals surface area (Å²) < 4.78 is 1.97. The number of rotatable bonds is 7. The van der Waals surface area contributed by atoms with E-state index >= 15 is 0 Å². The standard InChI is InChI=1S/C21H22N4OS/c1-5-12-25-20(17-8-10-22-11-9-17)23-24-21(25)27-16(4)19(26)18-7-6-14(2)15(3)13-18/h5-11,13,16H,1,12H2,2-4H3/t16-/m0/s1. The van der Waals surface area contributed by atoms with Gasteiger partial charge < -0.3 is 0 Å². The average Bonchev–Trinajstić information content (AvgIpc) is 3.07. The smallest absolute Gasteiger partial charge is 0.192 e. The first-order valence-electron chi connectivity index (χ1n) is 8.74. The molecule has 3 rings (SSSR count). The van der Waals surface area contributed by atoms with Crippen molar-refractivity contribution >= 4 is 17.5 Å². The minimum absolute atomic E-state index is 0.0849. The van der Waals surface area contributed by atoms with Gasteiger partial charge in [0.25, 0.3) is 0 Å². The third kappa shape index (κ3) is 4.17. The lowest BCUT2D eigenvalue weighted by molar-refractivity contribution is 0.0993. The van der Waals surface area contributed by atoms with Gasteiger partial charge in [0, 0.05) is 30.1 Å². The van der Waals surface area contributed by atoms with Gasteiger partial charge in [-0.3, -0.25) is 14.3 Å². The van der Waals surface area contributed by atoms with Crippen molar-refractivity contribution in [2.75, 3.05) is 0 Å². The number of hydrogen-bond donors (Lipinski definition) is 0. The van der Waals surface area contributed by atoms with Gasteiger partial charge in [-0.2, -0.15) is 0 Å². The fraction of sp³-hybridized carbons (Fsp3) is 0.238. The van der Waals surface area contributed by atoms with Crippen LogP contribution in [-0.2, 0) is 6.54 Å². The van der Waals surface area contributed by atoms with E-state index in [4.69, 9.17) is 0 Å². The number of carbonyl (C=O) groups excluding carboxylic acids is 1. The largest absolute Gasteiger partial charge is 0.298 e. The first-order chi connectivity index (χ1) is 13.0. The van der Waals surface area contributed by atoms with Crippen LogP contribution in [-0.4, -0.2) is 30.8 Å². The van der Waals surface area contributed by atoms with E-state index in [9.17, 15) is 4.79 Å². The first-order valence-corrected chi connectivity index (χ1v) is 9.62. The predicted molar refractivity (Wildman–Crippen MR) is 109 cm³/mol. The maximum absolute atomic E-state index is 12.9. The second-order valence-electron chi connectivity index (χ2n) is 6.36. The molecule has 0 aliphatic carbocycles. The Hall–Kier alpha value is -2.73. The number of ketones is 1. The Bertz CT molecular complexity index is 966. The van der Waals surface area contributed by atoms with Crippen molar-refractivity contribution in [2.24, 2.45) is 0 Å². The van der Waals surface area contributed by atoms with Gasteiger partial charge in [-0.05, 0) is 50.1 Å². The molecule has 6 heteroatoms. The van der Waals surface area contributed by atoms with Crippen LogP contribution in [0.3, 0.4) is 0 Å². The highest BCUT2D eigenvalue weighted by molar-refractivity contribution is 8.00. The van der Waals surface area contributed by atoms with Crippen molar-refractivity contribution in [1.29, 1.82) is 0 Å². The molecule has 0 N–H and O–H groups in total. The molecule has 138 valence electrons. The Morgan fingerprint density at radius 1 is 1.19 bits per heavy atom. The maximum Gasteiger partial charge on any atom is 0.192 e. The Balaban J connectivity index is 1.86. The van der Waals surface area contributed by atoms with E-state index in [2.05, 4.69) is 21.8 Å². The molecule has 1 atom stereocenters. The molecule has 0 amide bonds. The Kier molecular flexibility index (Phi) is 5.86. The van der Waals surface area contributed by atoms with Crippen LogP contribution in [0.15, 0.2) is 60.5 Å². The van der Waals surface area contributed by atoms with Crippen LogP contribution in [0.25, 0.3) is 11.4 Å². The second-order valence-corrected chi connectivity index (χ2v) is 7.67. The number of allylic oxidation sites excluding steroid dienone is 1. The number of hydrogen-bond acceptors (Lipinski definition) is 5. The molecule has 3 aromatic rings. The third-order valence-electron chi connectivity index (χ3n) is 4.41. The molecule has 0 saturated heterocycles. The van der Waals surface area contributed by atoms with Crippen molar-refractivity contribution < 1.29 is 4.79 Å². The van der Waals surface area contributed by atoms with Crippen molar-refractivity contribution in [3.05, 3.63) is 72.1 Å². The zero-order valence-corrected chi connectivity index (χ0v) is 16.5. The minimum Gasteiger partial charge on any atom is -0.298 e. The SMILES string of the molecule is C=CCn1c(S[C@@H](C)C(=O)c2ccc(C)c(C)c2)nnc1-c1ccncc1. The summed E-state index contributed by atoms with van der Waals surface area (Å²) in [5, 5.41) is 9.06. The van der Waals surface area contributed by atoms with Crippen LogP contribution >= 0.6 is 11.8 Å². The summed E-state index contributed by atoms with van der Waals surface area (Å²) in [6.07, 6.45) is 5.25. The number of benzene rings is 1. The van der Waals surface area contributed by atoms with Gasteiger partial charge in [0.1, 0.15) is 0 Å². The van der Waals surface area contributed by atoms with E-state index in [0.717, 1.165) is 22.5 Å². The highest BCUT2D eigenvalue weighted by atomic mass is 32.2. The lowest BCUT2D eigenvalue weighted by Gasteiger charge is -2.12. The van der Waals surface area contributed by atoms with Gasteiger partial charge in [-0.1, -0.05) is 30.0 Å². The number of thioether (sulfide) groups is 1. The van der Waals surface area contributed by atoms with E-state index in [1.807, 2.05) is 55.7 Å². The number of aryl methyl sites for hydroxylation is 2. The fourth-order valence-corrected chi connectivity index (χ4v) is 3.66. The van der Waals surface area contributed by atoms with Crippen LogP contribution in [0.1, 0.15) is 28.4 Å². The maximum atomic E-state index is 12.9. The molecule has 0 radical (unpaired) electrons. The summed E-state index contributed by atoms with van der Waals surface area (Å²) in [5.74, 6) is 0.826. The van der Waals surface area contributed by atoms with E-state index in [-0.39, 0.29) is 11.0 Å². The number of carbonyl (C=O) groups is 1. The lowest BCUT2D eigenvalue weighted by atomic mass is 10.0. The van der Waals surface area contributed by atoms with Crippen LogP contribution in [0.2, 0.25) is 0 Å². The number of Topliss-reactive ketones (excluding diaryl/α,β-unsaturated/α-hetero) is 1. The van der Waals surface area contributed by atoms with Gasteiger partial charge in [0.05, 0.1) is 5.25 Å². The Morgan fingerprint density at radius 3 is 2.59 bits per heavy atom. The average molecular weight is 379 g/mol. The van der Waals surface area contributed by atoms with Gasteiger partial charge >= 0.3 is 0 Å². The fourth-order valence-electron chi connectivity index (χ4n) is 2.73. The predicted octanol–water partition coefficient (Wildman–Crippen LogP) is 4.51. The zero-order chi connectivity index (χ0) is 19.4. The summed E-state index contributed by atoms with van der Waals surface area (Å²) in [6.45, 7) is 10.4. The van der Waals surface area contributed by atoms with Crippen molar-refractivity contribution in [3.8, 4) is 11.4 Å². The van der Waals surface area contributed by atoms with E-state index < -0.39 is 0 Å². The summed E-state index contributed by atoms with van der Waals surface area (Å²) >= 11 is 1.42. The van der Waals surface area contributed by atoms with Crippen LogP contribution in [0.5, 0.6) is 0 Å². The molecule has 2 aromatic heterocycles. The quantitative estimate of drug-likeness (QED) is 0.344. The highest BCUT2D eigenvalue weighted by Gasteiger charge is 2.21. The number of pyridine rings is 1. The van der Waals surface area contributed by atoms with Gasteiger partial charge in [-0.15, -0.1) is 16.8 Å². The molecule has 0 unspecified atom stereocenters. The third-order valence-corrected chi connectivity index (χ3v) is 5.49. The van der Waals surface area contributed by atoms with Crippen molar-refractivity contribution in [3.63, 3.8) is 0 Å². The molecule has 27 heavy (non-hydrogen) atoms. The van der Waals surface area contributed by atoms with E-state index in [0.29, 0.717) is 11.7 Å². The first kappa shape index (κ1) is 19.0. The summed E-state index contributed by atoms with van der Waals surface area (Å²) in [7, 11) is 0. The Labute approximate surface area is 163 Å². The monoisotopic (exact) mass is 378 g/mol. The summed E-state index contributed by atoms with van der Waals surface area (Å²) in [4.78, 5) is 16.9. The molecular formula is C21H22N4OS. The molecule has 0 saturated carbocycles.